The molecule has 0 bridgehead atoms. The second-order valence-electron chi connectivity index (χ2n) is 7.90. The quantitative estimate of drug-likeness (QED) is 0.161. The number of rotatable bonds is 13. The van der Waals surface area contributed by atoms with E-state index in [0.29, 0.717) is 12.8 Å². The number of nitrogens with two attached hydrogens (primary N) is 1. The summed E-state index contributed by atoms with van der Waals surface area (Å²) in [7, 11) is 0. The first-order valence-corrected chi connectivity index (χ1v) is 13.7. The highest BCUT2D eigenvalue weighted by atomic mass is 32.2. The molecule has 1 aliphatic heterocycles. The third-order valence-electron chi connectivity index (χ3n) is 5.13. The van der Waals surface area contributed by atoms with Crippen LogP contribution >= 0.6 is 24.4 Å². The Balaban J connectivity index is 0.000000584. The Kier molecular flexibility index (Phi) is 20.5. The molecule has 7 nitrogen and oxygen atoms in total. The van der Waals surface area contributed by atoms with Crippen molar-refractivity contribution < 1.29 is 14.7 Å². The van der Waals surface area contributed by atoms with Crippen molar-refractivity contribution in [3.63, 3.8) is 0 Å². The van der Waals surface area contributed by atoms with Gasteiger partial charge in [-0.3, -0.25) is 9.69 Å². The van der Waals surface area contributed by atoms with Crippen LogP contribution in [-0.2, 0) is 22.6 Å². The topological polar surface area (TPSA) is 108 Å². The molecule has 33 heavy (non-hydrogen) atoms. The Morgan fingerprint density at radius 1 is 1.30 bits per heavy atom. The van der Waals surface area contributed by atoms with Gasteiger partial charge in [-0.2, -0.15) is 24.4 Å². The Bertz CT molecular complexity index is 635. The van der Waals surface area contributed by atoms with Gasteiger partial charge < -0.3 is 21.5 Å². The molecule has 0 spiro atoms. The van der Waals surface area contributed by atoms with E-state index in [9.17, 15) is 9.59 Å². The van der Waals surface area contributed by atoms with Gasteiger partial charge >= 0.3 is 5.97 Å². The average molecular weight is 501 g/mol. The highest BCUT2D eigenvalue weighted by molar-refractivity contribution is 7.98. The zero-order valence-corrected chi connectivity index (χ0v) is 22.2. The third kappa shape index (κ3) is 16.1. The standard InChI is InChI=1S/C14H23N3S.C6H11NO3S.C4H10/c15-14(11-18)9-16-6-8-17-7-5-12-3-1-2-4-13(12)10-17;1-11-3-2-5(6(9)10)7-4-8;1-3-4-2/h1-4,14,16,18H,5-11,15H2;4-5H,2-3H2,1H3,(H,7,8)(H,9,10);3-4H2,1-2H3/t;5-;/m.0./s1. The number of carboxylic acids is 1. The lowest BCUT2D eigenvalue weighted by Gasteiger charge is -2.28. The summed E-state index contributed by atoms with van der Waals surface area (Å²) in [6.07, 6.45) is 6.58. The fraction of sp³-hybridized carbons (Fsp3) is 0.667. The third-order valence-corrected chi connectivity index (χ3v) is 6.25. The first-order valence-electron chi connectivity index (χ1n) is 11.7. The zero-order valence-electron chi connectivity index (χ0n) is 20.5. The average Bonchev–Trinajstić information content (AvgIpc) is 2.84. The number of carbonyl (C=O) groups is 2. The van der Waals surface area contributed by atoms with Crippen molar-refractivity contribution in [2.75, 3.05) is 43.9 Å². The largest absolute Gasteiger partial charge is 0.480 e. The molecule has 5 N–H and O–H groups in total. The summed E-state index contributed by atoms with van der Waals surface area (Å²) in [6.45, 7) is 9.55. The van der Waals surface area contributed by atoms with Crippen LogP contribution in [0.2, 0.25) is 0 Å². The number of thiol groups is 1. The first kappa shape index (κ1) is 31.7. The van der Waals surface area contributed by atoms with Gasteiger partial charge in [0, 0.05) is 44.5 Å². The number of carboxylic acid groups (broad SMARTS) is 1. The fourth-order valence-corrected chi connectivity index (χ4v) is 3.53. The van der Waals surface area contributed by atoms with Crippen LogP contribution in [0.3, 0.4) is 0 Å². The molecule has 190 valence electrons. The molecule has 0 aliphatic carbocycles. The molecule has 1 aliphatic rings. The maximum absolute atomic E-state index is 10.4. The van der Waals surface area contributed by atoms with Crippen molar-refractivity contribution >= 4 is 36.8 Å². The van der Waals surface area contributed by atoms with E-state index < -0.39 is 12.0 Å². The van der Waals surface area contributed by atoms with Crippen LogP contribution in [0, 0.1) is 0 Å². The highest BCUT2D eigenvalue weighted by Gasteiger charge is 2.15. The van der Waals surface area contributed by atoms with Crippen molar-refractivity contribution in [2.45, 2.75) is 58.2 Å². The van der Waals surface area contributed by atoms with Gasteiger partial charge in [-0.25, -0.2) is 4.79 Å². The summed E-state index contributed by atoms with van der Waals surface area (Å²) < 4.78 is 0. The van der Waals surface area contributed by atoms with Crippen molar-refractivity contribution in [2.24, 2.45) is 5.73 Å². The Labute approximate surface area is 210 Å². The van der Waals surface area contributed by atoms with Crippen molar-refractivity contribution in [3.05, 3.63) is 35.4 Å². The molecule has 1 aromatic carbocycles. The molecule has 1 unspecified atom stereocenters. The number of hydrogen-bond acceptors (Lipinski definition) is 7. The van der Waals surface area contributed by atoms with Gasteiger partial charge in [-0.1, -0.05) is 51.0 Å². The lowest BCUT2D eigenvalue weighted by Crippen LogP contribution is -2.40. The molecule has 0 fully saturated rings. The molecule has 0 radical (unpaired) electrons. The van der Waals surface area contributed by atoms with E-state index in [0.717, 1.165) is 44.2 Å². The van der Waals surface area contributed by atoms with Crippen LogP contribution in [0.5, 0.6) is 0 Å². The zero-order chi connectivity index (χ0) is 24.9. The maximum Gasteiger partial charge on any atom is 0.326 e. The lowest BCUT2D eigenvalue weighted by atomic mass is 10.00. The molecule has 1 amide bonds. The van der Waals surface area contributed by atoms with Crippen molar-refractivity contribution in [1.29, 1.82) is 0 Å². The van der Waals surface area contributed by atoms with E-state index >= 15 is 0 Å². The highest BCUT2D eigenvalue weighted by Crippen LogP contribution is 2.17. The predicted molar refractivity (Wildman–Crippen MR) is 144 cm³/mol. The van der Waals surface area contributed by atoms with Gasteiger partial charge in [0.15, 0.2) is 0 Å². The minimum atomic E-state index is -0.980. The van der Waals surface area contributed by atoms with Crippen LogP contribution in [0.4, 0.5) is 0 Å². The van der Waals surface area contributed by atoms with Gasteiger partial charge in [-0.05, 0) is 36.0 Å². The SMILES string of the molecule is CCCC.CSCC[C@H](NC=O)C(=O)O.NC(CS)CNCCN1CCc2ccccc2C1. The number of nitrogens with zero attached hydrogens (tertiary/aromatic N) is 1. The molecule has 0 saturated heterocycles. The number of aliphatic carboxylic acids is 1. The number of hydrogen-bond donors (Lipinski definition) is 5. The summed E-state index contributed by atoms with van der Waals surface area (Å²) in [4.78, 5) is 22.8. The monoisotopic (exact) mass is 500 g/mol. The Hall–Kier alpha value is -1.26. The Morgan fingerprint density at radius 2 is 1.97 bits per heavy atom. The molecule has 1 heterocycles. The fourth-order valence-electron chi connectivity index (χ4n) is 2.93. The number of amides is 1. The second-order valence-corrected chi connectivity index (χ2v) is 9.25. The van der Waals surface area contributed by atoms with Crippen LogP contribution in [0.1, 0.15) is 44.2 Å². The Morgan fingerprint density at radius 3 is 2.52 bits per heavy atom. The molecule has 9 heteroatoms. The number of thioether (sulfide) groups is 1. The molecule has 1 aromatic rings. The molecule has 0 aromatic heterocycles. The summed E-state index contributed by atoms with van der Waals surface area (Å²) in [5.41, 5.74) is 8.80. The van der Waals surface area contributed by atoms with E-state index in [2.05, 4.69) is 66.3 Å². The van der Waals surface area contributed by atoms with Crippen molar-refractivity contribution in [3.8, 4) is 0 Å². The number of fused-ring (bicyclic) bond motifs is 1. The summed E-state index contributed by atoms with van der Waals surface area (Å²) >= 11 is 5.73. The second kappa shape index (κ2) is 21.3. The number of nitrogens with one attached hydrogen (secondary N) is 2. The van der Waals surface area contributed by atoms with Gasteiger partial charge in [0.05, 0.1) is 0 Å². The lowest BCUT2D eigenvalue weighted by molar-refractivity contribution is -0.140. The predicted octanol–water partition coefficient (Wildman–Crippen LogP) is 2.64. The smallest absolute Gasteiger partial charge is 0.326 e. The van der Waals surface area contributed by atoms with E-state index in [1.807, 2.05) is 6.26 Å². The van der Waals surface area contributed by atoms with Gasteiger partial charge in [-0.15, -0.1) is 0 Å². The minimum Gasteiger partial charge on any atom is -0.480 e. The molecular weight excluding hydrogens is 456 g/mol. The minimum absolute atomic E-state index is 0.162. The van der Waals surface area contributed by atoms with Crippen LogP contribution in [0.15, 0.2) is 24.3 Å². The van der Waals surface area contributed by atoms with Crippen LogP contribution in [0.25, 0.3) is 0 Å². The molecule has 2 rings (SSSR count). The van der Waals surface area contributed by atoms with E-state index in [1.165, 1.54) is 30.4 Å². The van der Waals surface area contributed by atoms with Crippen LogP contribution < -0.4 is 16.4 Å². The van der Waals surface area contributed by atoms with E-state index in [-0.39, 0.29) is 6.04 Å². The summed E-state index contributed by atoms with van der Waals surface area (Å²) in [5, 5.41) is 14.1. The first-order chi connectivity index (χ1) is 15.9. The van der Waals surface area contributed by atoms with Crippen LogP contribution in [-0.4, -0.2) is 78.4 Å². The van der Waals surface area contributed by atoms with E-state index in [4.69, 9.17) is 10.8 Å². The van der Waals surface area contributed by atoms with Crippen molar-refractivity contribution in [1.82, 2.24) is 15.5 Å². The van der Waals surface area contributed by atoms with Gasteiger partial charge in [0.25, 0.3) is 0 Å². The number of benzene rings is 1. The number of carbonyl (C=O) groups excluding carboxylic acids is 1. The van der Waals surface area contributed by atoms with Gasteiger partial charge in [0.2, 0.25) is 6.41 Å². The number of unbranched alkanes of at least 4 members (excludes halogenated alkanes) is 1. The van der Waals surface area contributed by atoms with Gasteiger partial charge in [0.1, 0.15) is 6.04 Å². The molecular formula is C24H44N4O3S2. The normalized spacial score (nSPS) is 14.5. The van der Waals surface area contributed by atoms with E-state index in [1.54, 1.807) is 11.8 Å². The summed E-state index contributed by atoms with van der Waals surface area (Å²) in [5.74, 6) is 0.494. The summed E-state index contributed by atoms with van der Waals surface area (Å²) in [6, 6.07) is 8.18. The molecule has 0 saturated carbocycles. The maximum atomic E-state index is 10.4. The molecule has 2 atom stereocenters.